The van der Waals surface area contributed by atoms with Crippen LogP contribution in [0.5, 0.6) is 5.75 Å². The topological polar surface area (TPSA) is 102 Å². The molecule has 0 bridgehead atoms. The number of hydrogen-bond acceptors (Lipinski definition) is 5. The van der Waals surface area contributed by atoms with E-state index in [0.29, 0.717) is 44.8 Å². The van der Waals surface area contributed by atoms with Crippen LogP contribution < -0.4 is 15.8 Å². The summed E-state index contributed by atoms with van der Waals surface area (Å²) in [5.41, 5.74) is 5.39. The highest BCUT2D eigenvalue weighted by atomic mass is 35.5. The van der Waals surface area contributed by atoms with Crippen LogP contribution in [0.3, 0.4) is 0 Å². The summed E-state index contributed by atoms with van der Waals surface area (Å²) in [5.74, 6) is 0.189. The molecule has 1 unspecified atom stereocenters. The number of nitrogens with zero attached hydrogens (tertiary/aromatic N) is 1. The second-order valence-corrected chi connectivity index (χ2v) is 8.04. The SMILES string of the molecule is CCCOc1ccc(S(=O)(=O)N2CCCC(C(=O)NCCN)C2)cc1.Cl. The Hall–Kier alpha value is -1.35. The number of carbonyl (C=O) groups is 1. The highest BCUT2D eigenvalue weighted by Crippen LogP contribution is 2.25. The van der Waals surface area contributed by atoms with E-state index in [2.05, 4.69) is 5.32 Å². The van der Waals surface area contributed by atoms with Gasteiger partial charge < -0.3 is 15.8 Å². The molecule has 1 aromatic carbocycles. The molecule has 1 saturated heterocycles. The van der Waals surface area contributed by atoms with E-state index < -0.39 is 10.0 Å². The van der Waals surface area contributed by atoms with Gasteiger partial charge in [0.15, 0.2) is 0 Å². The molecule has 0 aromatic heterocycles. The lowest BCUT2D eigenvalue weighted by atomic mass is 9.99. The van der Waals surface area contributed by atoms with Gasteiger partial charge in [-0.1, -0.05) is 6.92 Å². The van der Waals surface area contributed by atoms with E-state index in [0.717, 1.165) is 6.42 Å². The lowest BCUT2D eigenvalue weighted by Gasteiger charge is -2.31. The summed E-state index contributed by atoms with van der Waals surface area (Å²) in [6, 6.07) is 6.44. The van der Waals surface area contributed by atoms with E-state index in [9.17, 15) is 13.2 Å². The maximum Gasteiger partial charge on any atom is 0.243 e. The van der Waals surface area contributed by atoms with Gasteiger partial charge in [0.05, 0.1) is 17.4 Å². The van der Waals surface area contributed by atoms with Crippen LogP contribution in [-0.4, -0.2) is 51.4 Å². The van der Waals surface area contributed by atoms with Crippen LogP contribution in [0, 0.1) is 5.92 Å². The third-order valence-electron chi connectivity index (χ3n) is 4.13. The predicted octanol–water partition coefficient (Wildman–Crippen LogP) is 1.37. The van der Waals surface area contributed by atoms with Gasteiger partial charge in [-0.15, -0.1) is 12.4 Å². The van der Waals surface area contributed by atoms with Crippen molar-refractivity contribution in [2.24, 2.45) is 11.7 Å². The van der Waals surface area contributed by atoms with Gasteiger partial charge in [-0.05, 0) is 43.5 Å². The summed E-state index contributed by atoms with van der Waals surface area (Å²) >= 11 is 0. The molecule has 0 saturated carbocycles. The number of carbonyl (C=O) groups excluding carboxylic acids is 1. The maximum absolute atomic E-state index is 12.8. The van der Waals surface area contributed by atoms with Gasteiger partial charge in [0, 0.05) is 26.2 Å². The fraction of sp³-hybridized carbons (Fsp3) is 0.588. The minimum atomic E-state index is -3.61. The summed E-state index contributed by atoms with van der Waals surface area (Å²) in [4.78, 5) is 12.3. The maximum atomic E-state index is 12.8. The number of rotatable bonds is 8. The molecule has 148 valence electrons. The molecule has 3 N–H and O–H groups in total. The smallest absolute Gasteiger partial charge is 0.243 e. The largest absolute Gasteiger partial charge is 0.494 e. The van der Waals surface area contributed by atoms with Crippen molar-refractivity contribution in [3.8, 4) is 5.75 Å². The Morgan fingerprint density at radius 1 is 1.35 bits per heavy atom. The minimum Gasteiger partial charge on any atom is -0.494 e. The molecule has 26 heavy (non-hydrogen) atoms. The van der Waals surface area contributed by atoms with Crippen molar-refractivity contribution in [1.82, 2.24) is 9.62 Å². The third kappa shape index (κ3) is 5.84. The first-order valence-corrected chi connectivity index (χ1v) is 10.1. The molecule has 7 nitrogen and oxygen atoms in total. The average Bonchev–Trinajstić information content (AvgIpc) is 2.64. The Bertz CT molecular complexity index is 667. The molecular weight excluding hydrogens is 378 g/mol. The summed E-state index contributed by atoms with van der Waals surface area (Å²) < 4.78 is 32.5. The van der Waals surface area contributed by atoms with Gasteiger partial charge in [-0.25, -0.2) is 8.42 Å². The Labute approximate surface area is 161 Å². The van der Waals surface area contributed by atoms with Gasteiger partial charge in [-0.3, -0.25) is 4.79 Å². The highest BCUT2D eigenvalue weighted by Gasteiger charge is 2.33. The van der Waals surface area contributed by atoms with Crippen LogP contribution in [0.2, 0.25) is 0 Å². The van der Waals surface area contributed by atoms with Crippen LogP contribution in [-0.2, 0) is 14.8 Å². The van der Waals surface area contributed by atoms with Crippen molar-refractivity contribution < 1.29 is 17.9 Å². The van der Waals surface area contributed by atoms with Crippen LogP contribution in [0.4, 0.5) is 0 Å². The van der Waals surface area contributed by atoms with Gasteiger partial charge in [0.25, 0.3) is 0 Å². The number of benzene rings is 1. The van der Waals surface area contributed by atoms with E-state index >= 15 is 0 Å². The normalized spacial score (nSPS) is 18.0. The molecular formula is C17H28ClN3O4S. The quantitative estimate of drug-likeness (QED) is 0.680. The zero-order valence-electron chi connectivity index (χ0n) is 15.0. The van der Waals surface area contributed by atoms with E-state index in [-0.39, 0.29) is 35.7 Å². The molecule has 0 radical (unpaired) electrons. The summed E-state index contributed by atoms with van der Waals surface area (Å²) in [7, 11) is -3.61. The van der Waals surface area contributed by atoms with E-state index in [4.69, 9.17) is 10.5 Å². The summed E-state index contributed by atoms with van der Waals surface area (Å²) in [6.45, 7) is 4.01. The van der Waals surface area contributed by atoms with Gasteiger partial charge in [0.1, 0.15) is 5.75 Å². The van der Waals surface area contributed by atoms with E-state index in [1.54, 1.807) is 24.3 Å². The first-order chi connectivity index (χ1) is 12.0. The van der Waals surface area contributed by atoms with Crippen molar-refractivity contribution in [3.63, 3.8) is 0 Å². The number of hydrogen-bond donors (Lipinski definition) is 2. The summed E-state index contributed by atoms with van der Waals surface area (Å²) in [5, 5.41) is 2.74. The number of piperidine rings is 1. The van der Waals surface area contributed by atoms with Crippen molar-refractivity contribution in [2.75, 3.05) is 32.8 Å². The molecule has 1 aromatic rings. The lowest BCUT2D eigenvalue weighted by molar-refractivity contribution is -0.126. The first-order valence-electron chi connectivity index (χ1n) is 8.69. The number of nitrogens with one attached hydrogen (secondary N) is 1. The molecule has 2 rings (SSSR count). The van der Waals surface area contributed by atoms with Gasteiger partial charge >= 0.3 is 0 Å². The predicted molar refractivity (Wildman–Crippen MR) is 103 cm³/mol. The zero-order valence-corrected chi connectivity index (χ0v) is 16.7. The van der Waals surface area contributed by atoms with Crippen molar-refractivity contribution in [2.45, 2.75) is 31.1 Å². The van der Waals surface area contributed by atoms with E-state index in [1.807, 2.05) is 6.92 Å². The second kappa shape index (κ2) is 10.7. The van der Waals surface area contributed by atoms with E-state index in [1.165, 1.54) is 4.31 Å². The Kier molecular flexibility index (Phi) is 9.35. The molecule has 1 fully saturated rings. The lowest BCUT2D eigenvalue weighted by Crippen LogP contribution is -2.46. The zero-order chi connectivity index (χ0) is 18.3. The Balaban J connectivity index is 0.00000338. The molecule has 1 atom stereocenters. The second-order valence-electron chi connectivity index (χ2n) is 6.10. The Morgan fingerprint density at radius 2 is 2.04 bits per heavy atom. The van der Waals surface area contributed by atoms with Gasteiger partial charge in [-0.2, -0.15) is 4.31 Å². The van der Waals surface area contributed by atoms with Crippen molar-refractivity contribution >= 4 is 28.3 Å². The number of ether oxygens (including phenoxy) is 1. The number of nitrogens with two attached hydrogens (primary N) is 1. The standard InChI is InChI=1S/C17H27N3O4S.ClH/c1-2-12-24-15-5-7-16(8-6-15)25(22,23)20-11-3-4-14(13-20)17(21)19-10-9-18;/h5-8,14H,2-4,9-13,18H2,1H3,(H,19,21);1H. The molecule has 1 heterocycles. The van der Waals surface area contributed by atoms with Crippen LogP contribution in [0.1, 0.15) is 26.2 Å². The number of sulfonamides is 1. The van der Waals surface area contributed by atoms with Crippen LogP contribution in [0.25, 0.3) is 0 Å². The third-order valence-corrected chi connectivity index (χ3v) is 6.01. The van der Waals surface area contributed by atoms with Gasteiger partial charge in [0.2, 0.25) is 15.9 Å². The monoisotopic (exact) mass is 405 g/mol. The fourth-order valence-electron chi connectivity index (χ4n) is 2.79. The van der Waals surface area contributed by atoms with Crippen LogP contribution >= 0.6 is 12.4 Å². The fourth-order valence-corrected chi connectivity index (χ4v) is 4.32. The minimum absolute atomic E-state index is 0. The van der Waals surface area contributed by atoms with Crippen molar-refractivity contribution in [1.29, 1.82) is 0 Å². The Morgan fingerprint density at radius 3 is 2.65 bits per heavy atom. The molecule has 1 aliphatic rings. The molecule has 0 spiro atoms. The summed E-state index contributed by atoms with van der Waals surface area (Å²) in [6.07, 6.45) is 2.24. The molecule has 0 aliphatic carbocycles. The molecule has 1 amide bonds. The molecule has 1 aliphatic heterocycles. The highest BCUT2D eigenvalue weighted by molar-refractivity contribution is 7.89. The average molecular weight is 406 g/mol. The van der Waals surface area contributed by atoms with Crippen LogP contribution in [0.15, 0.2) is 29.2 Å². The molecule has 9 heteroatoms. The first kappa shape index (κ1) is 22.7. The number of halogens is 1. The van der Waals surface area contributed by atoms with Crippen molar-refractivity contribution in [3.05, 3.63) is 24.3 Å². The number of amides is 1.